The molecule has 0 saturated carbocycles. The Kier molecular flexibility index (Phi) is 4.20. The molecule has 0 bridgehead atoms. The van der Waals surface area contributed by atoms with Crippen LogP contribution in [0.4, 0.5) is 18.9 Å². The molecule has 0 fully saturated rings. The first-order valence-electron chi connectivity index (χ1n) is 4.93. The van der Waals surface area contributed by atoms with Crippen molar-refractivity contribution in [3.63, 3.8) is 0 Å². The van der Waals surface area contributed by atoms with Crippen molar-refractivity contribution in [2.75, 3.05) is 7.11 Å². The Morgan fingerprint density at radius 1 is 1.21 bits per heavy atom. The number of nitrogens with zero attached hydrogens (tertiary/aromatic N) is 2. The number of benzene rings is 1. The fraction of sp³-hybridized carbons (Fsp3) is 0.200. The maximum absolute atomic E-state index is 12.9. The number of ether oxygens (including phenoxy) is 1. The average Bonchev–Trinajstić information content (AvgIpc) is 2.25. The quantitative estimate of drug-likeness (QED) is 0.550. The molecule has 1 rings (SSSR count). The van der Waals surface area contributed by atoms with E-state index in [0.29, 0.717) is 0 Å². The third-order valence-corrected chi connectivity index (χ3v) is 1.99. The van der Waals surface area contributed by atoms with Crippen molar-refractivity contribution >= 4 is 17.6 Å². The van der Waals surface area contributed by atoms with Gasteiger partial charge in [-0.2, -0.15) is 18.2 Å². The molecule has 0 heterocycles. The van der Waals surface area contributed by atoms with Crippen molar-refractivity contribution in [1.29, 1.82) is 0 Å². The molecule has 9 heteroatoms. The SMILES string of the molecule is COc1cccc(N=C(N)N=C(N)N)c1C(F)(F)F. The van der Waals surface area contributed by atoms with Gasteiger partial charge in [-0.25, -0.2) is 4.99 Å². The summed E-state index contributed by atoms with van der Waals surface area (Å²) in [5.41, 5.74) is 13.9. The van der Waals surface area contributed by atoms with Crippen molar-refractivity contribution in [3.8, 4) is 5.75 Å². The number of aliphatic imine (C=N–C) groups is 2. The van der Waals surface area contributed by atoms with Gasteiger partial charge in [0.2, 0.25) is 5.96 Å². The van der Waals surface area contributed by atoms with E-state index in [1.165, 1.54) is 12.1 Å². The monoisotopic (exact) mass is 275 g/mol. The Morgan fingerprint density at radius 2 is 1.84 bits per heavy atom. The van der Waals surface area contributed by atoms with Gasteiger partial charge in [-0.3, -0.25) is 0 Å². The number of hydrogen-bond donors (Lipinski definition) is 3. The van der Waals surface area contributed by atoms with Gasteiger partial charge in [0.05, 0.1) is 12.8 Å². The lowest BCUT2D eigenvalue weighted by molar-refractivity contribution is -0.138. The Hall–Kier alpha value is -2.45. The molecule has 0 atom stereocenters. The van der Waals surface area contributed by atoms with Crippen LogP contribution in [0.3, 0.4) is 0 Å². The van der Waals surface area contributed by atoms with E-state index in [0.717, 1.165) is 13.2 Å². The van der Waals surface area contributed by atoms with E-state index in [1.807, 2.05) is 0 Å². The summed E-state index contributed by atoms with van der Waals surface area (Å²) in [5, 5.41) is 0. The van der Waals surface area contributed by atoms with Crippen LogP contribution < -0.4 is 21.9 Å². The molecule has 0 unspecified atom stereocenters. The third-order valence-electron chi connectivity index (χ3n) is 1.99. The molecule has 0 radical (unpaired) electrons. The number of rotatable bonds is 2. The van der Waals surface area contributed by atoms with Crippen LogP contribution in [0.25, 0.3) is 0 Å². The number of alkyl halides is 3. The first kappa shape index (κ1) is 14.6. The minimum atomic E-state index is -4.65. The predicted octanol–water partition coefficient (Wildman–Crippen LogP) is 0.934. The Balaban J connectivity index is 3.40. The molecule has 6 nitrogen and oxygen atoms in total. The molecule has 1 aromatic carbocycles. The number of nitrogens with two attached hydrogens (primary N) is 3. The van der Waals surface area contributed by atoms with E-state index >= 15 is 0 Å². The lowest BCUT2D eigenvalue weighted by Crippen LogP contribution is -2.26. The first-order chi connectivity index (χ1) is 8.75. The summed E-state index contributed by atoms with van der Waals surface area (Å²) in [5.74, 6) is -1.26. The smallest absolute Gasteiger partial charge is 0.422 e. The summed E-state index contributed by atoms with van der Waals surface area (Å²) in [6, 6.07) is 3.63. The average molecular weight is 275 g/mol. The van der Waals surface area contributed by atoms with Gasteiger partial charge in [-0.1, -0.05) is 6.07 Å². The highest BCUT2D eigenvalue weighted by atomic mass is 19.4. The van der Waals surface area contributed by atoms with Gasteiger partial charge >= 0.3 is 6.18 Å². The van der Waals surface area contributed by atoms with Crippen molar-refractivity contribution in [3.05, 3.63) is 23.8 Å². The summed E-state index contributed by atoms with van der Waals surface area (Å²) in [7, 11) is 1.12. The summed E-state index contributed by atoms with van der Waals surface area (Å²) in [4.78, 5) is 6.86. The second-order valence-electron chi connectivity index (χ2n) is 3.36. The minimum Gasteiger partial charge on any atom is -0.496 e. The van der Waals surface area contributed by atoms with Gasteiger partial charge in [-0.05, 0) is 12.1 Å². The Labute approximate surface area is 106 Å². The van der Waals surface area contributed by atoms with E-state index in [2.05, 4.69) is 14.7 Å². The molecule has 0 saturated heterocycles. The molecule has 6 N–H and O–H groups in total. The van der Waals surface area contributed by atoms with Crippen LogP contribution in [0, 0.1) is 0 Å². The van der Waals surface area contributed by atoms with Gasteiger partial charge in [0.1, 0.15) is 11.3 Å². The van der Waals surface area contributed by atoms with Crippen LogP contribution in [-0.2, 0) is 6.18 Å². The molecular weight excluding hydrogens is 263 g/mol. The first-order valence-corrected chi connectivity index (χ1v) is 4.93. The van der Waals surface area contributed by atoms with Crippen LogP contribution >= 0.6 is 0 Å². The van der Waals surface area contributed by atoms with Gasteiger partial charge < -0.3 is 21.9 Å². The second-order valence-corrected chi connectivity index (χ2v) is 3.36. The summed E-state index contributed by atoms with van der Waals surface area (Å²) in [6.45, 7) is 0. The normalized spacial score (nSPS) is 12.1. The lowest BCUT2D eigenvalue weighted by Gasteiger charge is -2.13. The molecule has 0 aliphatic rings. The molecule has 0 spiro atoms. The third kappa shape index (κ3) is 3.76. The van der Waals surface area contributed by atoms with Crippen LogP contribution in [0.15, 0.2) is 28.2 Å². The molecular formula is C10H12F3N5O. The van der Waals surface area contributed by atoms with Gasteiger partial charge in [0, 0.05) is 0 Å². The second kappa shape index (κ2) is 5.46. The van der Waals surface area contributed by atoms with Crippen LogP contribution in [0.5, 0.6) is 5.75 Å². The summed E-state index contributed by atoms with van der Waals surface area (Å²) < 4.78 is 43.5. The van der Waals surface area contributed by atoms with Crippen molar-refractivity contribution < 1.29 is 17.9 Å². The lowest BCUT2D eigenvalue weighted by atomic mass is 10.1. The zero-order chi connectivity index (χ0) is 14.6. The highest BCUT2D eigenvalue weighted by molar-refractivity contribution is 5.93. The predicted molar refractivity (Wildman–Crippen MR) is 65.1 cm³/mol. The zero-order valence-electron chi connectivity index (χ0n) is 9.90. The standard InChI is InChI=1S/C10H12F3N5O/c1-19-6-4-2-3-5(7(6)10(11,12)13)17-9(16)18-8(14)15/h2-4H,1H3,(H6,14,15,16,17,18). The minimum absolute atomic E-state index is 0.369. The largest absolute Gasteiger partial charge is 0.496 e. The molecule has 0 aliphatic heterocycles. The molecule has 104 valence electrons. The van der Waals surface area contributed by atoms with E-state index in [-0.39, 0.29) is 5.75 Å². The zero-order valence-corrected chi connectivity index (χ0v) is 9.90. The van der Waals surface area contributed by atoms with Crippen LogP contribution in [0.2, 0.25) is 0 Å². The maximum Gasteiger partial charge on any atom is 0.422 e. The fourth-order valence-corrected chi connectivity index (χ4v) is 1.35. The molecule has 19 heavy (non-hydrogen) atoms. The number of guanidine groups is 2. The van der Waals surface area contributed by atoms with E-state index in [4.69, 9.17) is 17.2 Å². The molecule has 0 aromatic heterocycles. The van der Waals surface area contributed by atoms with Crippen molar-refractivity contribution in [2.24, 2.45) is 27.2 Å². The number of methoxy groups -OCH3 is 1. The van der Waals surface area contributed by atoms with Gasteiger partial charge in [0.25, 0.3) is 0 Å². The topological polar surface area (TPSA) is 112 Å². The Morgan fingerprint density at radius 3 is 2.32 bits per heavy atom. The van der Waals surface area contributed by atoms with Crippen LogP contribution in [-0.4, -0.2) is 19.0 Å². The van der Waals surface area contributed by atoms with Crippen molar-refractivity contribution in [1.82, 2.24) is 0 Å². The van der Waals surface area contributed by atoms with Crippen molar-refractivity contribution in [2.45, 2.75) is 6.18 Å². The highest BCUT2D eigenvalue weighted by Gasteiger charge is 2.37. The molecule has 1 aromatic rings. The maximum atomic E-state index is 12.9. The number of hydrogen-bond acceptors (Lipinski definition) is 2. The number of halogens is 3. The van der Waals surface area contributed by atoms with Gasteiger partial charge in [0.15, 0.2) is 5.96 Å². The summed E-state index contributed by atoms with van der Waals surface area (Å²) in [6.07, 6.45) is -4.65. The Bertz CT molecular complexity index is 520. The molecule has 0 amide bonds. The van der Waals surface area contributed by atoms with E-state index in [1.54, 1.807) is 0 Å². The van der Waals surface area contributed by atoms with Crippen LogP contribution in [0.1, 0.15) is 5.56 Å². The highest BCUT2D eigenvalue weighted by Crippen LogP contribution is 2.42. The van der Waals surface area contributed by atoms with E-state index in [9.17, 15) is 13.2 Å². The molecule has 0 aliphatic carbocycles. The van der Waals surface area contributed by atoms with E-state index < -0.39 is 29.3 Å². The fourth-order valence-electron chi connectivity index (χ4n) is 1.35. The van der Waals surface area contributed by atoms with Gasteiger partial charge in [-0.15, -0.1) is 0 Å². The summed E-state index contributed by atoms with van der Waals surface area (Å²) >= 11 is 0.